The van der Waals surface area contributed by atoms with Gasteiger partial charge < -0.3 is 14.5 Å². The van der Waals surface area contributed by atoms with Gasteiger partial charge in [0.25, 0.3) is 0 Å². The van der Waals surface area contributed by atoms with Crippen molar-refractivity contribution in [3.63, 3.8) is 0 Å². The summed E-state index contributed by atoms with van der Waals surface area (Å²) in [6.45, 7) is 4.85. The zero-order valence-corrected chi connectivity index (χ0v) is 9.50. The highest BCUT2D eigenvalue weighted by atomic mass is 16.5. The van der Waals surface area contributed by atoms with Crippen LogP contribution in [0.4, 0.5) is 0 Å². The van der Waals surface area contributed by atoms with Gasteiger partial charge in [-0.15, -0.1) is 0 Å². The summed E-state index contributed by atoms with van der Waals surface area (Å²) in [7, 11) is 7.95. The van der Waals surface area contributed by atoms with Crippen LogP contribution in [-0.2, 0) is 4.74 Å². The van der Waals surface area contributed by atoms with Crippen LogP contribution in [-0.4, -0.2) is 57.7 Å². The number of rotatable bonds is 6. The third kappa shape index (κ3) is 6.61. The van der Waals surface area contributed by atoms with Crippen molar-refractivity contribution in [1.82, 2.24) is 9.80 Å². The second-order valence-electron chi connectivity index (χ2n) is 3.52. The molecule has 0 aliphatic heterocycles. The minimum absolute atomic E-state index is 0.781. The second kappa shape index (κ2) is 6.92. The SMILES string of the molecule is COCCN(C)/C(C)=C/CN(C)C. The zero-order chi connectivity index (χ0) is 10.3. The summed E-state index contributed by atoms with van der Waals surface area (Å²) in [5.74, 6) is 0. The van der Waals surface area contributed by atoms with E-state index < -0.39 is 0 Å². The lowest BCUT2D eigenvalue weighted by molar-refractivity contribution is 0.173. The Labute approximate surface area is 82.0 Å². The first-order valence-electron chi connectivity index (χ1n) is 4.59. The lowest BCUT2D eigenvalue weighted by atomic mass is 10.3. The van der Waals surface area contributed by atoms with Gasteiger partial charge in [-0.2, -0.15) is 0 Å². The van der Waals surface area contributed by atoms with Crippen LogP contribution < -0.4 is 0 Å². The van der Waals surface area contributed by atoms with E-state index in [-0.39, 0.29) is 0 Å². The maximum absolute atomic E-state index is 5.01. The highest BCUT2D eigenvalue weighted by Gasteiger charge is 1.97. The summed E-state index contributed by atoms with van der Waals surface area (Å²) < 4.78 is 5.01. The Hall–Kier alpha value is -0.540. The van der Waals surface area contributed by atoms with E-state index >= 15 is 0 Å². The van der Waals surface area contributed by atoms with Crippen molar-refractivity contribution in [3.8, 4) is 0 Å². The van der Waals surface area contributed by atoms with Crippen molar-refractivity contribution in [2.75, 3.05) is 47.9 Å². The van der Waals surface area contributed by atoms with Gasteiger partial charge in [0.05, 0.1) is 6.61 Å². The third-order valence-electron chi connectivity index (χ3n) is 1.98. The molecule has 0 amide bonds. The van der Waals surface area contributed by atoms with Crippen LogP contribution in [0.5, 0.6) is 0 Å². The number of hydrogen-bond donors (Lipinski definition) is 0. The molecule has 0 unspecified atom stereocenters. The van der Waals surface area contributed by atoms with Crippen molar-refractivity contribution in [3.05, 3.63) is 11.8 Å². The second-order valence-corrected chi connectivity index (χ2v) is 3.52. The van der Waals surface area contributed by atoms with Crippen LogP contribution in [0.1, 0.15) is 6.92 Å². The van der Waals surface area contributed by atoms with E-state index in [1.165, 1.54) is 5.70 Å². The topological polar surface area (TPSA) is 15.7 Å². The third-order valence-corrected chi connectivity index (χ3v) is 1.98. The van der Waals surface area contributed by atoms with Crippen molar-refractivity contribution < 1.29 is 4.74 Å². The molecule has 0 fully saturated rings. The number of likely N-dealkylation sites (N-methyl/N-ethyl adjacent to an activating group) is 2. The van der Waals surface area contributed by atoms with Gasteiger partial charge in [0, 0.05) is 32.9 Å². The standard InChI is InChI=1S/C10H22N2O/c1-10(6-7-11(2)3)12(4)8-9-13-5/h6H,7-9H2,1-5H3/b10-6+. The van der Waals surface area contributed by atoms with Gasteiger partial charge in [0.2, 0.25) is 0 Å². The fraction of sp³-hybridized carbons (Fsp3) is 0.800. The first kappa shape index (κ1) is 12.5. The molecule has 0 radical (unpaired) electrons. The Morgan fingerprint density at radius 3 is 2.38 bits per heavy atom. The molecule has 13 heavy (non-hydrogen) atoms. The number of nitrogens with zero attached hydrogens (tertiary/aromatic N) is 2. The molecule has 0 aromatic carbocycles. The molecule has 0 atom stereocenters. The molecule has 0 aromatic heterocycles. The minimum atomic E-state index is 0.781. The molecular formula is C10H22N2O. The molecule has 78 valence electrons. The average molecular weight is 186 g/mol. The first-order chi connectivity index (χ1) is 6.07. The van der Waals surface area contributed by atoms with Gasteiger partial charge in [-0.25, -0.2) is 0 Å². The Kier molecular flexibility index (Phi) is 6.63. The summed E-state index contributed by atoms with van der Waals surface area (Å²) in [5, 5.41) is 0. The monoisotopic (exact) mass is 186 g/mol. The van der Waals surface area contributed by atoms with E-state index in [0.717, 1.165) is 19.7 Å². The van der Waals surface area contributed by atoms with Gasteiger partial charge in [-0.3, -0.25) is 0 Å². The highest BCUT2D eigenvalue weighted by Crippen LogP contribution is 1.99. The Bertz CT molecular complexity index is 155. The molecule has 0 aliphatic carbocycles. The maximum atomic E-state index is 5.01. The van der Waals surface area contributed by atoms with Gasteiger partial charge in [0.15, 0.2) is 0 Å². The maximum Gasteiger partial charge on any atom is 0.0637 e. The number of allylic oxidation sites excluding steroid dienone is 1. The van der Waals surface area contributed by atoms with Gasteiger partial charge in [-0.05, 0) is 21.0 Å². The van der Waals surface area contributed by atoms with Crippen LogP contribution in [0.15, 0.2) is 11.8 Å². The number of methoxy groups -OCH3 is 1. The van der Waals surface area contributed by atoms with Crippen molar-refractivity contribution in [1.29, 1.82) is 0 Å². The van der Waals surface area contributed by atoms with E-state index in [2.05, 4.69) is 43.9 Å². The molecule has 0 aliphatic rings. The molecular weight excluding hydrogens is 164 g/mol. The lowest BCUT2D eigenvalue weighted by Gasteiger charge is -2.20. The molecule has 3 heteroatoms. The normalized spacial score (nSPS) is 12.3. The van der Waals surface area contributed by atoms with E-state index in [9.17, 15) is 0 Å². The van der Waals surface area contributed by atoms with E-state index in [1.54, 1.807) is 7.11 Å². The van der Waals surface area contributed by atoms with Crippen LogP contribution in [0.25, 0.3) is 0 Å². The summed E-state index contributed by atoms with van der Waals surface area (Å²) in [6.07, 6.45) is 2.22. The molecule has 0 N–H and O–H groups in total. The average Bonchev–Trinajstić information content (AvgIpc) is 2.10. The molecule has 0 bridgehead atoms. The van der Waals surface area contributed by atoms with Crippen LogP contribution in [0.3, 0.4) is 0 Å². The summed E-state index contributed by atoms with van der Waals surface area (Å²) >= 11 is 0. The summed E-state index contributed by atoms with van der Waals surface area (Å²) in [6, 6.07) is 0. The number of hydrogen-bond acceptors (Lipinski definition) is 3. The largest absolute Gasteiger partial charge is 0.383 e. The van der Waals surface area contributed by atoms with Gasteiger partial charge in [-0.1, -0.05) is 6.08 Å². The van der Waals surface area contributed by atoms with Gasteiger partial charge in [0.1, 0.15) is 0 Å². The molecule has 3 nitrogen and oxygen atoms in total. The molecule has 0 rings (SSSR count). The Morgan fingerprint density at radius 2 is 1.92 bits per heavy atom. The lowest BCUT2D eigenvalue weighted by Crippen LogP contribution is -2.22. The van der Waals surface area contributed by atoms with Crippen molar-refractivity contribution in [2.24, 2.45) is 0 Å². The predicted molar refractivity (Wildman–Crippen MR) is 56.8 cm³/mol. The quantitative estimate of drug-likeness (QED) is 0.616. The minimum Gasteiger partial charge on any atom is -0.383 e. The smallest absolute Gasteiger partial charge is 0.0637 e. The van der Waals surface area contributed by atoms with Gasteiger partial charge >= 0.3 is 0 Å². The molecule has 0 aromatic rings. The molecule has 0 saturated carbocycles. The van der Waals surface area contributed by atoms with E-state index in [0.29, 0.717) is 0 Å². The fourth-order valence-corrected chi connectivity index (χ4v) is 0.875. The predicted octanol–water partition coefficient (Wildman–Crippen LogP) is 1.03. The van der Waals surface area contributed by atoms with E-state index in [1.807, 2.05) is 0 Å². The summed E-state index contributed by atoms with van der Waals surface area (Å²) in [4.78, 5) is 4.35. The van der Waals surface area contributed by atoms with Crippen LogP contribution in [0, 0.1) is 0 Å². The van der Waals surface area contributed by atoms with E-state index in [4.69, 9.17) is 4.74 Å². The number of ether oxygens (including phenoxy) is 1. The molecule has 0 spiro atoms. The Morgan fingerprint density at radius 1 is 1.31 bits per heavy atom. The Balaban J connectivity index is 3.79. The zero-order valence-electron chi connectivity index (χ0n) is 9.50. The highest BCUT2D eigenvalue weighted by molar-refractivity contribution is 4.97. The fourth-order valence-electron chi connectivity index (χ4n) is 0.875. The van der Waals surface area contributed by atoms with Crippen LogP contribution >= 0.6 is 0 Å². The molecule has 0 heterocycles. The first-order valence-corrected chi connectivity index (χ1v) is 4.59. The summed E-state index contributed by atoms with van der Waals surface area (Å²) in [5.41, 5.74) is 1.30. The molecule has 0 saturated heterocycles. The van der Waals surface area contributed by atoms with Crippen molar-refractivity contribution >= 4 is 0 Å². The van der Waals surface area contributed by atoms with Crippen molar-refractivity contribution in [2.45, 2.75) is 6.92 Å². The van der Waals surface area contributed by atoms with Crippen LogP contribution in [0.2, 0.25) is 0 Å².